The summed E-state index contributed by atoms with van der Waals surface area (Å²) in [6.45, 7) is -0.0569. The van der Waals surface area contributed by atoms with E-state index < -0.39 is 215 Å². The van der Waals surface area contributed by atoms with Crippen molar-refractivity contribution in [1.82, 2.24) is 57.4 Å². The van der Waals surface area contributed by atoms with Gasteiger partial charge in [0.05, 0.1) is 50.6 Å². The van der Waals surface area contributed by atoms with Crippen LogP contribution in [-0.4, -0.2) is 257 Å². The minimum absolute atomic E-state index is 0.0114. The van der Waals surface area contributed by atoms with Gasteiger partial charge in [0.1, 0.15) is 67.7 Å². The number of nitrogens with one attached hydrogen (secondary N) is 10. The van der Waals surface area contributed by atoms with Crippen LogP contribution in [0.4, 0.5) is 10.4 Å². The van der Waals surface area contributed by atoms with Crippen molar-refractivity contribution in [2.45, 2.75) is 139 Å². The number of carboxylic acids is 9. The summed E-state index contributed by atoms with van der Waals surface area (Å²) < 4.78 is 9.36. The van der Waals surface area contributed by atoms with Crippen LogP contribution < -0.4 is 73.1 Å². The number of aliphatic carboxylic acids is 7. The molecular weight excluding hydrogens is 1630 g/mol. The summed E-state index contributed by atoms with van der Waals surface area (Å²) in [6.07, 6.45) is -7.30. The molecule has 42 nitrogen and oxygen atoms in total. The maximum absolute atomic E-state index is 13.8. The van der Waals surface area contributed by atoms with E-state index in [1.807, 2.05) is 71.1 Å². The molecule has 2 heterocycles. The standard InChI is InChI=1S/C75H85N13O29Se/c1-87(2)39-17-20-42-52(27-39)117-53-28-40(88(3)4)18-21-43(53)64(42)41-19-16-38(26-44(41)73(113)114)65(104)77-25-9-7-10-45(74(115)116)80-67(106)47(30-59(94)95)82-69(108)49(32-61(98)99)84-71(110)51(34-63(102)103)85-70(109)50(33-62(100)101)83-68(107)48(31-60(96)97)81-66(105)46(29-58(92)93)79-56(90)11-6-5-8-24-76-55(89)22-23-57(91)86-75-78-35-54(118-75)36-12-14-37(15-13-36)72(111)112/h12-21,26-28,35,45-51H,5-11,22-25,29-34H2,1-4H3,(H18-,76,77,78,79,80,81,82,83,84,85,86,89,90,91,92,93,94,95,96,97,98,99,100,101,102,103,104,105,106,107,108,109,110,111,112,113,114,115,116)/t45-,46-,47-,48-,49-,50-,51-/m1/s1. The Morgan fingerprint density at radius 1 is 0.475 bits per heavy atom. The maximum atomic E-state index is 13.8. The van der Waals surface area contributed by atoms with Crippen molar-refractivity contribution in [1.29, 1.82) is 0 Å². The Bertz CT molecular complexity index is 4900. The molecule has 118 heavy (non-hydrogen) atoms. The van der Waals surface area contributed by atoms with Crippen molar-refractivity contribution in [2.24, 2.45) is 0 Å². The molecular formula is C75H85N13O29Se. The Balaban J connectivity index is 1.01. The molecule has 6 rings (SSSR count). The van der Waals surface area contributed by atoms with E-state index >= 15 is 0 Å². The predicted octanol–water partition coefficient (Wildman–Crippen LogP) is -2.19. The number of aromatic nitrogens is 1. The quantitative estimate of drug-likeness (QED) is 0.00835. The summed E-state index contributed by atoms with van der Waals surface area (Å²) >= 11 is -0.409. The number of fused-ring (bicyclic) bond motifs is 2. The number of amides is 10. The monoisotopic (exact) mass is 1710 g/mol. The van der Waals surface area contributed by atoms with Crippen LogP contribution in [0.1, 0.15) is 127 Å². The number of rotatable bonds is 47. The number of hydrogen-bond donors (Lipinski definition) is 18. The first-order valence-corrected chi connectivity index (χ1v) is 37.7. The molecule has 10 amide bonds. The number of unbranched alkanes of at least 4 members (excludes halogenated alkanes) is 3. The first kappa shape index (κ1) is 92.9. The van der Waals surface area contributed by atoms with Crippen molar-refractivity contribution in [3.8, 4) is 32.5 Å². The Hall–Kier alpha value is -14.0. The molecule has 4 aromatic rings. The molecule has 1 aliphatic heterocycles. The molecule has 0 unspecified atom stereocenters. The van der Waals surface area contributed by atoms with Gasteiger partial charge in [-0.2, -0.15) is 0 Å². The third-order valence-electron chi connectivity index (χ3n) is 17.6. The second-order valence-corrected chi connectivity index (χ2v) is 29.1. The number of aromatic carboxylic acids is 2. The molecule has 0 saturated heterocycles. The number of carboxylic acid groups (broad SMARTS) is 9. The van der Waals surface area contributed by atoms with E-state index in [1.54, 1.807) is 53.2 Å². The minimum Gasteiger partial charge on any atom is -0.545 e. The average Bonchev–Trinajstić information content (AvgIpc) is 0.881. The van der Waals surface area contributed by atoms with Gasteiger partial charge in [-0.25, -0.2) is 9.37 Å². The number of hydrogen-bond acceptors (Lipinski definition) is 23. The van der Waals surface area contributed by atoms with Gasteiger partial charge in [0, 0.05) is 66.1 Å². The van der Waals surface area contributed by atoms with Crippen LogP contribution in [0.3, 0.4) is 0 Å². The zero-order valence-corrected chi connectivity index (χ0v) is 65.3. The van der Waals surface area contributed by atoms with E-state index in [-0.39, 0.29) is 80.3 Å². The van der Waals surface area contributed by atoms with Crippen molar-refractivity contribution < 1.29 is 141 Å². The maximum Gasteiger partial charge on any atom is 0.326 e. The Morgan fingerprint density at radius 2 is 0.932 bits per heavy atom. The summed E-state index contributed by atoms with van der Waals surface area (Å²) in [5, 5.41) is 113. The number of anilines is 2. The van der Waals surface area contributed by atoms with Gasteiger partial charge in [-0.15, -0.1) is 0 Å². The largest absolute Gasteiger partial charge is 0.545 e. The van der Waals surface area contributed by atoms with Gasteiger partial charge in [-0.05, 0) is 55.2 Å². The smallest absolute Gasteiger partial charge is 0.326 e. The Morgan fingerprint density at radius 3 is 1.40 bits per heavy atom. The predicted molar refractivity (Wildman–Crippen MR) is 408 cm³/mol. The average molecular weight is 1710 g/mol. The third-order valence-corrected chi connectivity index (χ3v) is 19.6. The Kier molecular flexibility index (Phi) is 34.7. The SMILES string of the molecule is CN(C)c1ccc2c(-c3ccc(C(=O)NCCCC[C@@H](NC(=O)[C@@H](CC(=O)O)NC(=O)[C@@H](CC(=O)O)NC(=O)[C@@H](CC(=O)O)NC(=O)[C@@H](CC(=O)O)NC(=O)[C@@H](CC(=O)O)NC(=O)[C@@H](CC(=O)O)NC(=O)CCCCCNC(=O)CCC(=O)Nc4ncc(-c5ccc(C(=O)O)cc5)[se]4)C(=O)O)cc3C(=O)[O-])c3ccc(=[N+](C)C)cc-3oc2c1. The van der Waals surface area contributed by atoms with Gasteiger partial charge < -0.3 is 97.5 Å². The fourth-order valence-corrected chi connectivity index (χ4v) is 13.3. The van der Waals surface area contributed by atoms with Gasteiger partial charge in [0.25, 0.3) is 5.91 Å². The van der Waals surface area contributed by atoms with E-state index in [0.29, 0.717) is 39.0 Å². The second-order valence-electron chi connectivity index (χ2n) is 27.0. The summed E-state index contributed by atoms with van der Waals surface area (Å²) in [7, 11) is 7.34. The fourth-order valence-electron chi connectivity index (χ4n) is 11.6. The molecule has 1 aliphatic carbocycles. The molecule has 630 valence electrons. The van der Waals surface area contributed by atoms with Crippen LogP contribution in [0, 0.1) is 0 Å². The summed E-state index contributed by atoms with van der Waals surface area (Å²) in [5.41, 5.74) is 2.82. The molecule has 18 N–H and O–H groups in total. The second kappa shape index (κ2) is 44.0. The molecule has 43 heteroatoms. The number of carbonyl (C=O) groups excluding carboxylic acids is 11. The first-order valence-electron chi connectivity index (χ1n) is 36.0. The van der Waals surface area contributed by atoms with Crippen molar-refractivity contribution >= 4 is 149 Å². The van der Waals surface area contributed by atoms with Gasteiger partial charge in [0.2, 0.25) is 46.7 Å². The molecule has 0 saturated carbocycles. The summed E-state index contributed by atoms with van der Waals surface area (Å²) in [5.74, 6) is -27.6. The molecule has 7 atom stereocenters. The van der Waals surface area contributed by atoms with Gasteiger partial charge in [-0.3, -0.25) is 67.1 Å². The van der Waals surface area contributed by atoms with E-state index in [1.165, 1.54) is 24.3 Å². The van der Waals surface area contributed by atoms with Crippen LogP contribution in [0.5, 0.6) is 0 Å². The zero-order chi connectivity index (χ0) is 87.4. The normalized spacial score (nSPS) is 12.7. The molecule has 2 aliphatic rings. The summed E-state index contributed by atoms with van der Waals surface area (Å²) in [6, 6.07) is 5.07. The fraction of sp³-hybridized carbons (Fsp3) is 0.373. The molecule has 0 fully saturated rings. The van der Waals surface area contributed by atoms with Crippen LogP contribution >= 0.6 is 0 Å². The first-order chi connectivity index (χ1) is 55.7. The molecule has 0 bridgehead atoms. The van der Waals surface area contributed by atoms with E-state index in [9.17, 15) is 132 Å². The molecule has 0 radical (unpaired) electrons. The van der Waals surface area contributed by atoms with Crippen LogP contribution in [0.2, 0.25) is 0 Å². The van der Waals surface area contributed by atoms with Gasteiger partial charge in [-0.1, -0.05) is 6.07 Å². The number of carbonyl (C=O) groups is 19. The zero-order valence-electron chi connectivity index (χ0n) is 63.5. The van der Waals surface area contributed by atoms with Gasteiger partial charge >= 0.3 is 205 Å². The van der Waals surface area contributed by atoms with Crippen molar-refractivity contribution in [2.75, 3.05) is 51.5 Å². The molecule has 3 aromatic carbocycles. The minimum atomic E-state index is -2.46. The van der Waals surface area contributed by atoms with Gasteiger partial charge in [0.15, 0.2) is 0 Å². The topological polar surface area (TPSA) is 662 Å². The molecule has 1 aromatic heterocycles. The van der Waals surface area contributed by atoms with Crippen LogP contribution in [0.15, 0.2) is 89.5 Å². The summed E-state index contributed by atoms with van der Waals surface area (Å²) in [4.78, 5) is 248. The van der Waals surface area contributed by atoms with E-state index in [4.69, 9.17) is 9.52 Å². The van der Waals surface area contributed by atoms with Crippen molar-refractivity contribution in [3.05, 3.63) is 107 Å². The number of benzene rings is 4. The van der Waals surface area contributed by atoms with Crippen LogP contribution in [0.25, 0.3) is 43.4 Å². The van der Waals surface area contributed by atoms with Crippen LogP contribution in [-0.2, 0) is 76.7 Å². The molecule has 0 spiro atoms. The Labute approximate surface area is 674 Å². The van der Waals surface area contributed by atoms with E-state index in [2.05, 4.69) is 26.3 Å². The number of nitrogens with zero attached hydrogens (tertiary/aromatic N) is 3. The third kappa shape index (κ3) is 28.8. The van der Waals surface area contributed by atoms with Crippen molar-refractivity contribution in [3.63, 3.8) is 0 Å². The van der Waals surface area contributed by atoms with E-state index in [0.717, 1.165) is 27.1 Å².